The van der Waals surface area contributed by atoms with Gasteiger partial charge in [-0.25, -0.2) is 14.4 Å². The summed E-state index contributed by atoms with van der Waals surface area (Å²) in [4.78, 5) is 28.0. The molecule has 3 aliphatic rings. The zero-order chi connectivity index (χ0) is 20.9. The van der Waals surface area contributed by atoms with E-state index in [0.717, 1.165) is 60.9 Å². The van der Waals surface area contributed by atoms with Crippen molar-refractivity contribution in [2.75, 3.05) is 10.2 Å². The van der Waals surface area contributed by atoms with Crippen LogP contribution in [-0.2, 0) is 4.79 Å². The number of imidazole rings is 1. The number of carbonyl (C=O) groups is 1. The number of hydrogen-bond acceptors (Lipinski definition) is 6. The zero-order valence-corrected chi connectivity index (χ0v) is 17.2. The Hall–Kier alpha value is -3.03. The maximum atomic E-state index is 14.7. The fourth-order valence-corrected chi connectivity index (χ4v) is 5.96. The number of fused-ring (bicyclic) bond motifs is 3. The number of rotatable bonds is 3. The van der Waals surface area contributed by atoms with Gasteiger partial charge < -0.3 is 10.2 Å². The number of benzene rings is 1. The van der Waals surface area contributed by atoms with Crippen LogP contribution in [0.4, 0.5) is 15.9 Å². The van der Waals surface area contributed by atoms with E-state index < -0.39 is 12.3 Å². The van der Waals surface area contributed by atoms with Crippen LogP contribution in [0.15, 0.2) is 36.8 Å². The first-order valence-corrected chi connectivity index (χ1v) is 11.2. The third-order valence-corrected chi connectivity index (χ3v) is 7.32. The molecule has 0 bridgehead atoms. The van der Waals surface area contributed by atoms with Crippen molar-refractivity contribution in [2.24, 2.45) is 11.8 Å². The fraction of sp³-hybridized carbons (Fsp3) is 0.478. The van der Waals surface area contributed by atoms with Gasteiger partial charge in [0.05, 0.1) is 22.9 Å². The van der Waals surface area contributed by atoms with Gasteiger partial charge >= 0.3 is 0 Å². The number of aldehydes is 1. The highest BCUT2D eigenvalue weighted by atomic mass is 19.1. The third kappa shape index (κ3) is 2.91. The molecular formula is C23H25FN6O. The summed E-state index contributed by atoms with van der Waals surface area (Å²) in [7, 11) is 0. The van der Waals surface area contributed by atoms with Gasteiger partial charge in [0.25, 0.3) is 0 Å². The van der Waals surface area contributed by atoms with Crippen LogP contribution in [0.5, 0.6) is 0 Å². The number of halogens is 1. The number of carbonyl (C=O) groups excluding carboxylic acids is 1. The minimum Gasteiger partial charge on any atom is -0.355 e. The van der Waals surface area contributed by atoms with Crippen LogP contribution in [0.3, 0.4) is 0 Å². The summed E-state index contributed by atoms with van der Waals surface area (Å²) in [5.74, 6) is 1.58. The van der Waals surface area contributed by atoms with Crippen LogP contribution >= 0.6 is 0 Å². The second kappa shape index (κ2) is 7.28. The van der Waals surface area contributed by atoms with E-state index in [0.29, 0.717) is 12.4 Å². The highest BCUT2D eigenvalue weighted by molar-refractivity contribution is 5.83. The Labute approximate surface area is 179 Å². The molecule has 160 valence electrons. The van der Waals surface area contributed by atoms with Crippen molar-refractivity contribution < 1.29 is 9.18 Å². The molecule has 2 aromatic heterocycles. The second-order valence-corrected chi connectivity index (χ2v) is 8.92. The molecule has 2 saturated carbocycles. The van der Waals surface area contributed by atoms with Crippen molar-refractivity contribution in [1.29, 1.82) is 0 Å². The maximum Gasteiger partial charge on any atom is 0.237 e. The summed E-state index contributed by atoms with van der Waals surface area (Å²) < 4.78 is 16.6. The maximum absolute atomic E-state index is 14.7. The molecule has 31 heavy (non-hydrogen) atoms. The summed E-state index contributed by atoms with van der Waals surface area (Å²) in [6, 6.07) is 7.95. The van der Waals surface area contributed by atoms with Crippen molar-refractivity contribution in [1.82, 2.24) is 19.5 Å². The molecule has 2 aliphatic carbocycles. The normalized spacial score (nSPS) is 30.0. The number of hydrogen-bond donors (Lipinski definition) is 1. The zero-order valence-electron chi connectivity index (χ0n) is 17.2. The lowest BCUT2D eigenvalue weighted by Gasteiger charge is -2.47. The lowest BCUT2D eigenvalue weighted by Crippen LogP contribution is -2.53. The molecule has 1 aliphatic heterocycles. The van der Waals surface area contributed by atoms with Crippen molar-refractivity contribution in [3.8, 4) is 5.95 Å². The van der Waals surface area contributed by atoms with Crippen LogP contribution in [-0.4, -0.2) is 44.2 Å². The molecule has 3 heterocycles. The van der Waals surface area contributed by atoms with E-state index in [9.17, 15) is 9.18 Å². The summed E-state index contributed by atoms with van der Waals surface area (Å²) in [5.41, 5.74) is 2.55. The van der Waals surface area contributed by atoms with E-state index in [1.54, 1.807) is 12.5 Å². The molecule has 0 amide bonds. The van der Waals surface area contributed by atoms with E-state index in [4.69, 9.17) is 4.98 Å². The monoisotopic (exact) mass is 420 g/mol. The Bertz CT molecular complexity index is 1130. The Balaban J connectivity index is 1.42. The highest BCUT2D eigenvalue weighted by Crippen LogP contribution is 2.47. The van der Waals surface area contributed by atoms with Gasteiger partial charge in [0, 0.05) is 6.04 Å². The van der Waals surface area contributed by atoms with E-state index in [1.807, 2.05) is 28.8 Å². The Morgan fingerprint density at radius 1 is 1.06 bits per heavy atom. The van der Waals surface area contributed by atoms with Gasteiger partial charge in [-0.1, -0.05) is 25.0 Å². The van der Waals surface area contributed by atoms with Crippen LogP contribution in [0.2, 0.25) is 0 Å². The van der Waals surface area contributed by atoms with Crippen LogP contribution in [0.25, 0.3) is 17.0 Å². The Morgan fingerprint density at radius 2 is 1.90 bits per heavy atom. The van der Waals surface area contributed by atoms with E-state index in [2.05, 4.69) is 20.2 Å². The lowest BCUT2D eigenvalue weighted by molar-refractivity contribution is -0.108. The fourth-order valence-electron chi connectivity index (χ4n) is 5.96. The summed E-state index contributed by atoms with van der Waals surface area (Å²) in [5, 5.41) is 3.26. The smallest absolute Gasteiger partial charge is 0.237 e. The summed E-state index contributed by atoms with van der Waals surface area (Å²) >= 11 is 0. The van der Waals surface area contributed by atoms with Gasteiger partial charge in [-0.3, -0.25) is 9.36 Å². The molecule has 0 radical (unpaired) electrons. The molecule has 6 rings (SSSR count). The minimum atomic E-state index is -0.732. The predicted octanol–water partition coefficient (Wildman–Crippen LogP) is 3.88. The standard InChI is InChI=1S/C23H25FN6O/c24-16-7-3-6-15-14(16)5-4-10-19(15)30-21(12-31)27-18-11-25-23(28-22(18)30)29-13-26-17-8-1-2-9-20(17)29/h1-2,8-9,11-16,19,21,27H,3-7,10H2. The van der Waals surface area contributed by atoms with E-state index >= 15 is 0 Å². The van der Waals surface area contributed by atoms with Crippen molar-refractivity contribution >= 4 is 28.8 Å². The molecule has 5 unspecified atom stereocenters. The van der Waals surface area contributed by atoms with E-state index in [1.165, 1.54) is 0 Å². The van der Waals surface area contributed by atoms with Crippen LogP contribution in [0.1, 0.15) is 38.5 Å². The van der Waals surface area contributed by atoms with Gasteiger partial charge in [-0.15, -0.1) is 0 Å². The molecule has 2 fully saturated rings. The predicted molar refractivity (Wildman–Crippen MR) is 116 cm³/mol. The van der Waals surface area contributed by atoms with Gasteiger partial charge in [-0.2, -0.15) is 4.98 Å². The number of alkyl halides is 1. The molecule has 8 heteroatoms. The van der Waals surface area contributed by atoms with Gasteiger partial charge in [-0.05, 0) is 49.7 Å². The van der Waals surface area contributed by atoms with E-state index in [-0.39, 0.29) is 17.9 Å². The number of nitrogens with zero attached hydrogens (tertiary/aromatic N) is 5. The average molecular weight is 420 g/mol. The van der Waals surface area contributed by atoms with Gasteiger partial charge in [0.15, 0.2) is 18.3 Å². The Morgan fingerprint density at radius 3 is 2.81 bits per heavy atom. The second-order valence-electron chi connectivity index (χ2n) is 8.92. The molecule has 1 N–H and O–H groups in total. The highest BCUT2D eigenvalue weighted by Gasteiger charge is 2.46. The third-order valence-electron chi connectivity index (χ3n) is 7.32. The average Bonchev–Trinajstić information content (AvgIpc) is 3.40. The number of nitrogens with one attached hydrogen (secondary N) is 1. The summed E-state index contributed by atoms with van der Waals surface area (Å²) in [6.45, 7) is 0. The first-order valence-electron chi connectivity index (χ1n) is 11.2. The van der Waals surface area contributed by atoms with Crippen LogP contribution < -0.4 is 10.2 Å². The summed E-state index contributed by atoms with van der Waals surface area (Å²) in [6.07, 6.45) is 8.62. The number of aromatic nitrogens is 4. The quantitative estimate of drug-likeness (QED) is 0.648. The molecule has 3 aromatic rings. The molecule has 7 nitrogen and oxygen atoms in total. The molecule has 5 atom stereocenters. The van der Waals surface area contributed by atoms with Crippen molar-refractivity contribution in [3.05, 3.63) is 36.8 Å². The van der Waals surface area contributed by atoms with Gasteiger partial charge in [0.1, 0.15) is 12.5 Å². The topological polar surface area (TPSA) is 75.9 Å². The largest absolute Gasteiger partial charge is 0.355 e. The number of anilines is 2. The van der Waals surface area contributed by atoms with Gasteiger partial charge in [0.2, 0.25) is 5.95 Å². The first-order chi connectivity index (χ1) is 15.2. The first kappa shape index (κ1) is 18.7. The molecule has 0 spiro atoms. The lowest BCUT2D eigenvalue weighted by atomic mass is 9.67. The number of para-hydroxylation sites is 2. The Kier molecular flexibility index (Phi) is 4.40. The van der Waals surface area contributed by atoms with Crippen LogP contribution in [0, 0.1) is 11.8 Å². The molecule has 0 saturated heterocycles. The minimum absolute atomic E-state index is 0.0859. The van der Waals surface area contributed by atoms with Crippen molar-refractivity contribution in [2.45, 2.75) is 56.9 Å². The van der Waals surface area contributed by atoms with Crippen molar-refractivity contribution in [3.63, 3.8) is 0 Å². The SMILES string of the molecule is O=CC1Nc2cnc(-n3cnc4ccccc43)nc2N1C1CCCC2C(F)CCCC21. The molecular weight excluding hydrogens is 395 g/mol. The molecule has 1 aromatic carbocycles.